The van der Waals surface area contributed by atoms with Gasteiger partial charge >= 0.3 is 0 Å². The smallest absolute Gasteiger partial charge is 0.225 e. The number of hydrogen-bond donors (Lipinski definition) is 1. The van der Waals surface area contributed by atoms with Crippen molar-refractivity contribution in [2.75, 3.05) is 11.9 Å². The molecule has 0 fully saturated rings. The van der Waals surface area contributed by atoms with E-state index in [2.05, 4.69) is 26.7 Å². The Hall–Kier alpha value is -2.47. The van der Waals surface area contributed by atoms with Crippen molar-refractivity contribution in [2.24, 2.45) is 0 Å². The molecule has 0 aliphatic heterocycles. The summed E-state index contributed by atoms with van der Waals surface area (Å²) < 4.78 is 18.4. The van der Waals surface area contributed by atoms with Crippen molar-refractivity contribution in [3.8, 4) is 11.6 Å². The lowest BCUT2D eigenvalue weighted by molar-refractivity contribution is 0.460. The molecule has 0 radical (unpaired) electrons. The van der Waals surface area contributed by atoms with Gasteiger partial charge in [0, 0.05) is 23.7 Å². The summed E-state index contributed by atoms with van der Waals surface area (Å²) in [4.78, 5) is 9.74. The highest BCUT2D eigenvalue weighted by atomic mass is 32.1. The van der Waals surface area contributed by atoms with Crippen LogP contribution in [0.25, 0.3) is 0 Å². The van der Waals surface area contributed by atoms with E-state index in [0.29, 0.717) is 17.6 Å². The van der Waals surface area contributed by atoms with Gasteiger partial charge in [-0.15, -0.1) is 11.3 Å². The summed E-state index contributed by atoms with van der Waals surface area (Å²) in [6.07, 6.45) is 2.55. The molecule has 1 N–H and O–H groups in total. The molecule has 0 atom stereocenters. The highest BCUT2D eigenvalue weighted by Gasteiger charge is 2.02. The summed E-state index contributed by atoms with van der Waals surface area (Å²) in [6.45, 7) is 0.751. The first-order valence-corrected chi connectivity index (χ1v) is 7.70. The third-order valence-corrected chi connectivity index (χ3v) is 3.84. The van der Waals surface area contributed by atoms with E-state index in [1.165, 1.54) is 17.0 Å². The summed E-state index contributed by atoms with van der Waals surface area (Å²) in [6, 6.07) is 11.6. The van der Waals surface area contributed by atoms with E-state index in [9.17, 15) is 4.39 Å². The minimum atomic E-state index is -0.300. The van der Waals surface area contributed by atoms with Gasteiger partial charge in [-0.05, 0) is 42.1 Å². The molecule has 1 aromatic carbocycles. The minimum absolute atomic E-state index is 0.300. The van der Waals surface area contributed by atoms with Crippen LogP contribution in [-0.2, 0) is 6.42 Å². The Morgan fingerprint density at radius 1 is 1.14 bits per heavy atom. The Morgan fingerprint density at radius 2 is 2.00 bits per heavy atom. The number of thiophene rings is 1. The van der Waals surface area contributed by atoms with Crippen molar-refractivity contribution in [3.63, 3.8) is 0 Å². The molecule has 0 aliphatic carbocycles. The Bertz CT molecular complexity index is 717. The molecule has 0 saturated carbocycles. The Morgan fingerprint density at radius 3 is 2.77 bits per heavy atom. The first-order chi connectivity index (χ1) is 10.8. The summed E-state index contributed by atoms with van der Waals surface area (Å²) in [5.74, 6) is 1.16. The van der Waals surface area contributed by atoms with Gasteiger partial charge in [-0.2, -0.15) is 4.98 Å². The molecule has 3 aromatic rings. The van der Waals surface area contributed by atoms with Crippen LogP contribution in [0.4, 0.5) is 10.3 Å². The number of nitrogens with zero attached hydrogens (tertiary/aromatic N) is 2. The number of benzene rings is 1. The van der Waals surface area contributed by atoms with Crippen LogP contribution in [0.1, 0.15) is 4.88 Å². The molecule has 2 aromatic heterocycles. The van der Waals surface area contributed by atoms with Gasteiger partial charge in [0.25, 0.3) is 0 Å². The highest BCUT2D eigenvalue weighted by Crippen LogP contribution is 2.20. The van der Waals surface area contributed by atoms with E-state index in [1.807, 2.05) is 6.07 Å². The van der Waals surface area contributed by atoms with E-state index in [4.69, 9.17) is 4.74 Å². The second-order valence-corrected chi connectivity index (χ2v) is 5.56. The maximum Gasteiger partial charge on any atom is 0.225 e. The zero-order chi connectivity index (χ0) is 15.2. The van der Waals surface area contributed by atoms with Gasteiger partial charge in [-0.3, -0.25) is 0 Å². The fraction of sp³-hybridized carbons (Fsp3) is 0.125. The lowest BCUT2D eigenvalue weighted by Crippen LogP contribution is -2.07. The van der Waals surface area contributed by atoms with Gasteiger partial charge in [0.15, 0.2) is 0 Å². The summed E-state index contributed by atoms with van der Waals surface area (Å²) >= 11 is 1.73. The number of nitrogens with one attached hydrogen (secondary N) is 1. The van der Waals surface area contributed by atoms with Crippen LogP contribution in [0.15, 0.2) is 54.0 Å². The lowest BCUT2D eigenvalue weighted by Gasteiger charge is -2.07. The zero-order valence-corrected chi connectivity index (χ0v) is 12.5. The molecule has 0 aliphatic rings. The molecular formula is C16H14FN3OS. The molecule has 4 nitrogen and oxygen atoms in total. The molecule has 0 saturated heterocycles. The van der Waals surface area contributed by atoms with Gasteiger partial charge in [-0.1, -0.05) is 6.07 Å². The number of ether oxygens (including phenoxy) is 1. The van der Waals surface area contributed by atoms with Crippen molar-refractivity contribution in [1.82, 2.24) is 9.97 Å². The van der Waals surface area contributed by atoms with Crippen LogP contribution in [0.2, 0.25) is 0 Å². The van der Waals surface area contributed by atoms with Crippen LogP contribution in [0, 0.1) is 5.82 Å². The first kappa shape index (κ1) is 14.5. The van der Waals surface area contributed by atoms with Crippen LogP contribution in [0.3, 0.4) is 0 Å². The van der Waals surface area contributed by atoms with E-state index in [0.717, 1.165) is 13.0 Å². The van der Waals surface area contributed by atoms with Crippen LogP contribution < -0.4 is 10.1 Å². The summed E-state index contributed by atoms with van der Waals surface area (Å²) in [5.41, 5.74) is 0. The van der Waals surface area contributed by atoms with Gasteiger partial charge in [0.05, 0.1) is 0 Å². The van der Waals surface area contributed by atoms with Gasteiger partial charge in [0.2, 0.25) is 11.8 Å². The predicted octanol–water partition coefficient (Wildman–Crippen LogP) is 4.12. The Kier molecular flexibility index (Phi) is 4.60. The minimum Gasteiger partial charge on any atom is -0.439 e. The van der Waals surface area contributed by atoms with Crippen molar-refractivity contribution in [2.45, 2.75) is 6.42 Å². The van der Waals surface area contributed by atoms with Crippen LogP contribution >= 0.6 is 11.3 Å². The van der Waals surface area contributed by atoms with Crippen molar-refractivity contribution in [3.05, 3.63) is 64.7 Å². The fourth-order valence-corrected chi connectivity index (χ4v) is 2.57. The Labute approximate surface area is 131 Å². The average molecular weight is 315 g/mol. The highest BCUT2D eigenvalue weighted by molar-refractivity contribution is 7.09. The molecule has 0 bridgehead atoms. The van der Waals surface area contributed by atoms with Crippen LogP contribution in [-0.4, -0.2) is 16.5 Å². The number of hydrogen-bond acceptors (Lipinski definition) is 5. The summed E-state index contributed by atoms with van der Waals surface area (Å²) in [5, 5.41) is 5.22. The maximum atomic E-state index is 12.9. The summed E-state index contributed by atoms with van der Waals surface area (Å²) in [7, 11) is 0. The number of anilines is 1. The van der Waals surface area contributed by atoms with Crippen molar-refractivity contribution in [1.29, 1.82) is 0 Å². The molecule has 22 heavy (non-hydrogen) atoms. The third-order valence-electron chi connectivity index (χ3n) is 2.90. The van der Waals surface area contributed by atoms with Crippen LogP contribution in [0.5, 0.6) is 11.6 Å². The molecule has 0 unspecified atom stereocenters. The zero-order valence-electron chi connectivity index (χ0n) is 11.7. The van der Waals surface area contributed by atoms with E-state index < -0.39 is 0 Å². The molecule has 2 heterocycles. The topological polar surface area (TPSA) is 47.0 Å². The average Bonchev–Trinajstić information content (AvgIpc) is 3.03. The molecule has 0 spiro atoms. The largest absolute Gasteiger partial charge is 0.439 e. The molecule has 3 rings (SSSR count). The van der Waals surface area contributed by atoms with E-state index in [1.54, 1.807) is 35.7 Å². The predicted molar refractivity (Wildman–Crippen MR) is 85.0 cm³/mol. The fourth-order valence-electron chi connectivity index (χ4n) is 1.86. The first-order valence-electron chi connectivity index (χ1n) is 6.82. The van der Waals surface area contributed by atoms with E-state index in [-0.39, 0.29) is 5.82 Å². The van der Waals surface area contributed by atoms with Gasteiger partial charge in [-0.25, -0.2) is 9.37 Å². The third kappa shape index (κ3) is 4.02. The monoisotopic (exact) mass is 315 g/mol. The van der Waals surface area contributed by atoms with Gasteiger partial charge in [0.1, 0.15) is 11.6 Å². The second kappa shape index (κ2) is 7.00. The number of halogens is 1. The van der Waals surface area contributed by atoms with Gasteiger partial charge < -0.3 is 10.1 Å². The van der Waals surface area contributed by atoms with E-state index >= 15 is 0 Å². The Balaban J connectivity index is 1.58. The number of aromatic nitrogens is 2. The van der Waals surface area contributed by atoms with Crippen molar-refractivity contribution >= 4 is 17.3 Å². The molecule has 112 valence electrons. The SMILES string of the molecule is Fc1ccc(Oc2ccnc(NCCc3cccs3)n2)cc1. The lowest BCUT2D eigenvalue weighted by atomic mass is 10.3. The molecule has 0 amide bonds. The molecule has 6 heteroatoms. The normalized spacial score (nSPS) is 10.4. The number of rotatable bonds is 6. The standard InChI is InChI=1S/C16H14FN3OS/c17-12-3-5-13(6-4-12)21-15-8-10-19-16(20-15)18-9-7-14-2-1-11-22-14/h1-6,8,10-11H,7,9H2,(H,18,19,20). The quantitative estimate of drug-likeness (QED) is 0.743. The maximum absolute atomic E-state index is 12.9. The molecular weight excluding hydrogens is 301 g/mol. The second-order valence-electron chi connectivity index (χ2n) is 4.53. The van der Waals surface area contributed by atoms with Crippen molar-refractivity contribution < 1.29 is 9.13 Å².